The second kappa shape index (κ2) is 15.5. The number of benzene rings is 2. The molecule has 0 bridgehead atoms. The molecule has 0 saturated carbocycles. The van der Waals surface area contributed by atoms with Gasteiger partial charge in [-0.1, -0.05) is 75.3 Å². The lowest BCUT2D eigenvalue weighted by atomic mass is 10.1. The molecule has 2 aromatic carbocycles. The molecule has 4 rings (SSSR count). The number of hydrogen-bond acceptors (Lipinski definition) is 5. The van der Waals surface area contributed by atoms with Crippen LogP contribution in [0.1, 0.15) is 76.3 Å². The summed E-state index contributed by atoms with van der Waals surface area (Å²) in [5, 5.41) is 9.94. The van der Waals surface area contributed by atoms with Crippen molar-refractivity contribution in [2.24, 2.45) is 0 Å². The quantitative estimate of drug-likeness (QED) is 0.140. The van der Waals surface area contributed by atoms with E-state index in [1.54, 1.807) is 0 Å². The third kappa shape index (κ3) is 8.02. The second-order valence-corrected chi connectivity index (χ2v) is 10.1. The number of hydrogen-bond donors (Lipinski definition) is 1. The summed E-state index contributed by atoms with van der Waals surface area (Å²) in [5.74, 6) is 0.934. The average molecular weight is 518 g/mol. The number of aliphatic hydroxyl groups is 1. The maximum absolute atomic E-state index is 8.82. The number of aliphatic hydroxyl groups excluding tert-OH is 1. The van der Waals surface area contributed by atoms with Crippen LogP contribution in [0.25, 0.3) is 21.9 Å². The first-order valence-corrected chi connectivity index (χ1v) is 14.4. The van der Waals surface area contributed by atoms with Crippen molar-refractivity contribution in [3.05, 3.63) is 66.6 Å². The smallest absolute Gasteiger partial charge is 0.119 e. The number of unbranched alkanes of at least 4 members (excludes halogenated alkanes) is 8. The molecule has 0 aliphatic heterocycles. The highest BCUT2D eigenvalue weighted by Gasteiger charge is 2.17. The van der Waals surface area contributed by atoms with Crippen LogP contribution < -0.4 is 4.74 Å². The molecule has 2 heterocycles. The summed E-state index contributed by atoms with van der Waals surface area (Å²) < 4.78 is 14.2. The largest absolute Gasteiger partial charge is 0.494 e. The van der Waals surface area contributed by atoms with Crippen LogP contribution in [0.3, 0.4) is 0 Å². The fourth-order valence-electron chi connectivity index (χ4n) is 5.07. The van der Waals surface area contributed by atoms with Crippen LogP contribution in [0.5, 0.6) is 5.75 Å². The third-order valence-electron chi connectivity index (χ3n) is 7.18. The molecule has 0 saturated heterocycles. The van der Waals surface area contributed by atoms with Gasteiger partial charge in [0.25, 0.3) is 0 Å². The molecule has 0 radical (unpaired) electrons. The van der Waals surface area contributed by atoms with Crippen LogP contribution in [-0.4, -0.2) is 46.1 Å². The van der Waals surface area contributed by atoms with E-state index in [4.69, 9.17) is 14.6 Å². The Balaban J connectivity index is 1.28. The van der Waals surface area contributed by atoms with E-state index in [0.29, 0.717) is 19.8 Å². The minimum atomic E-state index is 0.132. The first-order valence-electron chi connectivity index (χ1n) is 14.4. The van der Waals surface area contributed by atoms with Crippen molar-refractivity contribution in [3.63, 3.8) is 0 Å². The zero-order chi connectivity index (χ0) is 26.4. The minimum absolute atomic E-state index is 0.132. The molecule has 2 aromatic heterocycles. The lowest BCUT2D eigenvalue weighted by molar-refractivity contribution is 0.114. The van der Waals surface area contributed by atoms with Crippen molar-refractivity contribution in [2.45, 2.75) is 77.2 Å². The molecule has 0 amide bonds. The van der Waals surface area contributed by atoms with Crippen molar-refractivity contribution in [2.75, 3.05) is 26.4 Å². The van der Waals surface area contributed by atoms with Gasteiger partial charge in [-0.25, -0.2) is 4.98 Å². The van der Waals surface area contributed by atoms with Crippen molar-refractivity contribution in [1.29, 1.82) is 0 Å². The Bertz CT molecular complexity index is 1220. The summed E-state index contributed by atoms with van der Waals surface area (Å²) in [6, 6.07) is 16.9. The molecule has 1 atom stereocenters. The molecule has 6 nitrogen and oxygen atoms in total. The SMILES string of the molecule is CCOC[C@H](Cc1ccc(OCCCCCCCCCCCO)cc1)n1cnc2cnc3ccccc3c21. The summed E-state index contributed by atoms with van der Waals surface area (Å²) in [6.45, 7) is 4.44. The lowest BCUT2D eigenvalue weighted by Gasteiger charge is -2.20. The van der Waals surface area contributed by atoms with Crippen molar-refractivity contribution in [1.82, 2.24) is 14.5 Å². The molecule has 4 aromatic rings. The van der Waals surface area contributed by atoms with Crippen LogP contribution in [0.2, 0.25) is 0 Å². The van der Waals surface area contributed by atoms with Crippen LogP contribution in [0.4, 0.5) is 0 Å². The highest BCUT2D eigenvalue weighted by atomic mass is 16.5. The van der Waals surface area contributed by atoms with E-state index in [-0.39, 0.29) is 6.04 Å². The van der Waals surface area contributed by atoms with Gasteiger partial charge in [0.2, 0.25) is 0 Å². The summed E-state index contributed by atoms with van der Waals surface area (Å²) in [7, 11) is 0. The Kier molecular flexibility index (Phi) is 11.4. The number of fused-ring (bicyclic) bond motifs is 3. The van der Waals surface area contributed by atoms with Crippen molar-refractivity contribution in [3.8, 4) is 5.75 Å². The Morgan fingerprint density at radius 2 is 1.53 bits per heavy atom. The second-order valence-electron chi connectivity index (χ2n) is 10.1. The highest BCUT2D eigenvalue weighted by molar-refractivity contribution is 6.02. The molecule has 0 spiro atoms. The zero-order valence-corrected chi connectivity index (χ0v) is 22.9. The summed E-state index contributed by atoms with van der Waals surface area (Å²) in [6.07, 6.45) is 15.5. The van der Waals surface area contributed by atoms with E-state index in [9.17, 15) is 0 Å². The summed E-state index contributed by atoms with van der Waals surface area (Å²) in [4.78, 5) is 9.22. The molecule has 1 N–H and O–H groups in total. The van der Waals surface area contributed by atoms with Gasteiger partial charge in [-0.15, -0.1) is 0 Å². The van der Waals surface area contributed by atoms with Crippen LogP contribution in [0.15, 0.2) is 61.1 Å². The number of imidazole rings is 1. The fourth-order valence-corrected chi connectivity index (χ4v) is 5.07. The number of aromatic nitrogens is 3. The number of rotatable bonds is 18. The number of pyridine rings is 1. The van der Waals surface area contributed by atoms with E-state index in [2.05, 4.69) is 50.9 Å². The van der Waals surface area contributed by atoms with Gasteiger partial charge in [0.05, 0.1) is 42.8 Å². The predicted octanol–water partition coefficient (Wildman–Crippen LogP) is 7.29. The topological polar surface area (TPSA) is 69.4 Å². The normalized spacial score (nSPS) is 12.4. The highest BCUT2D eigenvalue weighted by Crippen LogP contribution is 2.28. The van der Waals surface area contributed by atoms with Crippen molar-refractivity contribution < 1.29 is 14.6 Å². The van der Waals surface area contributed by atoms with Gasteiger partial charge in [-0.3, -0.25) is 4.98 Å². The average Bonchev–Trinajstić information content (AvgIpc) is 3.39. The van der Waals surface area contributed by atoms with Crippen LogP contribution >= 0.6 is 0 Å². The van der Waals surface area contributed by atoms with E-state index in [1.165, 1.54) is 44.1 Å². The first kappa shape index (κ1) is 28.1. The molecule has 0 aliphatic carbocycles. The molecular weight excluding hydrogens is 474 g/mol. The van der Waals surface area contributed by atoms with Gasteiger partial charge in [0.15, 0.2) is 0 Å². The van der Waals surface area contributed by atoms with E-state index in [0.717, 1.165) is 60.0 Å². The molecule has 0 unspecified atom stereocenters. The van der Waals surface area contributed by atoms with Gasteiger partial charge < -0.3 is 19.1 Å². The van der Waals surface area contributed by atoms with Crippen LogP contribution in [-0.2, 0) is 11.2 Å². The summed E-state index contributed by atoms with van der Waals surface area (Å²) in [5.41, 5.74) is 4.25. The maximum atomic E-state index is 8.82. The van der Waals surface area contributed by atoms with Gasteiger partial charge in [0, 0.05) is 18.6 Å². The number of nitrogens with zero attached hydrogens (tertiary/aromatic N) is 3. The Labute approximate surface area is 227 Å². The van der Waals surface area contributed by atoms with E-state index >= 15 is 0 Å². The first-order chi connectivity index (χ1) is 18.8. The molecular formula is C32H43N3O3. The monoisotopic (exact) mass is 517 g/mol. The molecule has 0 fully saturated rings. The molecule has 6 heteroatoms. The molecule has 0 aliphatic rings. The van der Waals surface area contributed by atoms with Gasteiger partial charge in [-0.05, 0) is 49.9 Å². The summed E-state index contributed by atoms with van der Waals surface area (Å²) >= 11 is 0. The van der Waals surface area contributed by atoms with Crippen LogP contribution in [0, 0.1) is 0 Å². The van der Waals surface area contributed by atoms with E-state index < -0.39 is 0 Å². The lowest BCUT2D eigenvalue weighted by Crippen LogP contribution is -2.18. The van der Waals surface area contributed by atoms with Crippen molar-refractivity contribution >= 4 is 21.9 Å². The van der Waals surface area contributed by atoms with Gasteiger partial charge in [0.1, 0.15) is 11.3 Å². The predicted molar refractivity (Wildman–Crippen MR) is 155 cm³/mol. The van der Waals surface area contributed by atoms with Gasteiger partial charge >= 0.3 is 0 Å². The third-order valence-corrected chi connectivity index (χ3v) is 7.18. The number of ether oxygens (including phenoxy) is 2. The minimum Gasteiger partial charge on any atom is -0.494 e. The Hall–Kier alpha value is -2.96. The zero-order valence-electron chi connectivity index (χ0n) is 22.9. The van der Waals surface area contributed by atoms with Gasteiger partial charge in [-0.2, -0.15) is 0 Å². The standard InChI is InChI=1S/C32H43N3O3/c1-2-37-24-27(35-25-34-31-23-33-30-15-11-10-14-29(30)32(31)35)22-26-16-18-28(19-17-26)38-21-13-9-7-5-3-4-6-8-12-20-36/h10-11,14-19,23,25,27,36H,2-9,12-13,20-22,24H2,1H3/t27-/m0/s1. The number of para-hydroxylation sites is 1. The molecule has 38 heavy (non-hydrogen) atoms. The Morgan fingerprint density at radius 3 is 2.26 bits per heavy atom. The van der Waals surface area contributed by atoms with E-state index in [1.807, 2.05) is 31.6 Å². The maximum Gasteiger partial charge on any atom is 0.119 e. The molecule has 204 valence electrons. The fraction of sp³-hybridized carbons (Fsp3) is 0.500. The Morgan fingerprint density at radius 1 is 0.816 bits per heavy atom.